The summed E-state index contributed by atoms with van der Waals surface area (Å²) in [6.07, 6.45) is 0. The van der Waals surface area contributed by atoms with Crippen LogP contribution < -0.4 is 4.90 Å². The molecule has 2 aromatic rings. The molecule has 1 aliphatic rings. The molecule has 1 heterocycles. The maximum atomic E-state index is 12.1. The Bertz CT molecular complexity index is 585. The van der Waals surface area contributed by atoms with Gasteiger partial charge in [0.2, 0.25) is 5.91 Å². The molecule has 0 aliphatic carbocycles. The molecule has 2 nitrogen and oxygen atoms in total. The highest BCUT2D eigenvalue weighted by molar-refractivity contribution is 14.1. The summed E-state index contributed by atoms with van der Waals surface area (Å²) in [5, 5.41) is 0.0914. The first kappa shape index (κ1) is 13.0. The van der Waals surface area contributed by atoms with Crippen molar-refractivity contribution in [2.24, 2.45) is 0 Å². The Morgan fingerprint density at radius 1 is 1.05 bits per heavy atom. The Balaban J connectivity index is 1.97. The molecule has 0 unspecified atom stereocenters. The summed E-state index contributed by atoms with van der Waals surface area (Å²) in [7, 11) is 0. The standard InChI is InChI=1S/C15H12INOS/c16-12-6-8-13(9-7-12)17-14(18)10-19-15(17)11-4-2-1-3-5-11/h1-9,15H,10H2/t15-/m0/s1. The number of hydrogen-bond donors (Lipinski definition) is 0. The van der Waals surface area contributed by atoms with E-state index < -0.39 is 0 Å². The highest BCUT2D eigenvalue weighted by atomic mass is 127. The van der Waals surface area contributed by atoms with Crippen molar-refractivity contribution in [2.45, 2.75) is 5.37 Å². The summed E-state index contributed by atoms with van der Waals surface area (Å²) in [5.74, 6) is 0.728. The van der Waals surface area contributed by atoms with Gasteiger partial charge < -0.3 is 0 Å². The van der Waals surface area contributed by atoms with E-state index in [0.717, 1.165) is 5.69 Å². The molecule has 0 saturated carbocycles. The first-order valence-electron chi connectivity index (χ1n) is 6.00. The third-order valence-corrected chi connectivity index (χ3v) is 4.99. The van der Waals surface area contributed by atoms with Gasteiger partial charge in [0.1, 0.15) is 5.37 Å². The Kier molecular flexibility index (Phi) is 3.79. The largest absolute Gasteiger partial charge is 0.295 e. The second-order valence-electron chi connectivity index (χ2n) is 4.31. The average molecular weight is 381 g/mol. The molecule has 1 saturated heterocycles. The number of hydrogen-bond acceptors (Lipinski definition) is 2. The Labute approximate surface area is 130 Å². The number of halogens is 1. The SMILES string of the molecule is O=C1CS[C@@H](c2ccccc2)N1c1ccc(I)cc1. The molecule has 2 aromatic carbocycles. The topological polar surface area (TPSA) is 20.3 Å². The molecular weight excluding hydrogens is 369 g/mol. The van der Waals surface area contributed by atoms with Crippen molar-refractivity contribution in [3.05, 3.63) is 63.7 Å². The summed E-state index contributed by atoms with van der Waals surface area (Å²) < 4.78 is 1.18. The van der Waals surface area contributed by atoms with Crippen LogP contribution in [0.5, 0.6) is 0 Å². The molecule has 0 N–H and O–H groups in total. The van der Waals surface area contributed by atoms with Gasteiger partial charge >= 0.3 is 0 Å². The van der Waals surface area contributed by atoms with Gasteiger partial charge in [-0.3, -0.25) is 9.69 Å². The lowest BCUT2D eigenvalue weighted by atomic mass is 10.2. The van der Waals surface area contributed by atoms with E-state index >= 15 is 0 Å². The number of nitrogens with zero attached hydrogens (tertiary/aromatic N) is 1. The first-order chi connectivity index (χ1) is 9.25. The Hall–Kier alpha value is -1.01. The van der Waals surface area contributed by atoms with Crippen molar-refractivity contribution in [3.8, 4) is 0 Å². The van der Waals surface area contributed by atoms with Gasteiger partial charge in [0.05, 0.1) is 5.75 Å². The molecule has 0 radical (unpaired) electrons. The number of rotatable bonds is 2. The van der Waals surface area contributed by atoms with E-state index in [2.05, 4.69) is 34.7 Å². The first-order valence-corrected chi connectivity index (χ1v) is 8.12. The summed E-state index contributed by atoms with van der Waals surface area (Å²) in [5.41, 5.74) is 2.15. The van der Waals surface area contributed by atoms with Crippen LogP contribution in [0.4, 0.5) is 5.69 Å². The number of anilines is 1. The van der Waals surface area contributed by atoms with Crippen LogP contribution in [0.3, 0.4) is 0 Å². The van der Waals surface area contributed by atoms with Gasteiger partial charge in [-0.2, -0.15) is 0 Å². The molecule has 0 aromatic heterocycles. The van der Waals surface area contributed by atoms with Crippen LogP contribution in [0.2, 0.25) is 0 Å². The predicted molar refractivity (Wildman–Crippen MR) is 88.3 cm³/mol. The van der Waals surface area contributed by atoms with Gasteiger partial charge in [0, 0.05) is 9.26 Å². The monoisotopic (exact) mass is 381 g/mol. The molecule has 4 heteroatoms. The summed E-state index contributed by atoms with van der Waals surface area (Å²) in [6, 6.07) is 18.3. The van der Waals surface area contributed by atoms with E-state index in [-0.39, 0.29) is 11.3 Å². The van der Waals surface area contributed by atoms with E-state index in [1.807, 2.05) is 47.4 Å². The summed E-state index contributed by atoms with van der Waals surface area (Å²) >= 11 is 3.96. The molecule has 1 amide bonds. The molecule has 1 fully saturated rings. The molecule has 3 rings (SSSR count). The minimum absolute atomic E-state index is 0.0914. The molecule has 1 atom stereocenters. The molecule has 0 spiro atoms. The summed E-state index contributed by atoms with van der Waals surface area (Å²) in [6.45, 7) is 0. The minimum Gasteiger partial charge on any atom is -0.295 e. The van der Waals surface area contributed by atoms with E-state index in [9.17, 15) is 4.79 Å². The number of carbonyl (C=O) groups is 1. The molecular formula is C15H12INOS. The molecule has 96 valence electrons. The van der Waals surface area contributed by atoms with Crippen molar-refractivity contribution in [3.63, 3.8) is 0 Å². The zero-order valence-corrected chi connectivity index (χ0v) is 13.1. The number of carbonyl (C=O) groups excluding carboxylic acids is 1. The van der Waals surface area contributed by atoms with Crippen LogP contribution in [-0.4, -0.2) is 11.7 Å². The number of amides is 1. The highest BCUT2D eigenvalue weighted by Crippen LogP contribution is 2.41. The smallest absolute Gasteiger partial charge is 0.238 e. The van der Waals surface area contributed by atoms with Crippen molar-refractivity contribution in [1.29, 1.82) is 0 Å². The maximum absolute atomic E-state index is 12.1. The second-order valence-corrected chi connectivity index (χ2v) is 6.63. The zero-order chi connectivity index (χ0) is 13.2. The maximum Gasteiger partial charge on any atom is 0.238 e. The third-order valence-electron chi connectivity index (χ3n) is 3.06. The van der Waals surface area contributed by atoms with Crippen molar-refractivity contribution < 1.29 is 4.79 Å². The van der Waals surface area contributed by atoms with Crippen molar-refractivity contribution in [2.75, 3.05) is 10.7 Å². The molecule has 1 aliphatic heterocycles. The fraction of sp³-hybridized carbons (Fsp3) is 0.133. The minimum atomic E-state index is 0.0914. The fourth-order valence-corrected chi connectivity index (χ4v) is 3.71. The van der Waals surface area contributed by atoms with E-state index in [1.165, 1.54) is 9.13 Å². The third kappa shape index (κ3) is 2.65. The lowest BCUT2D eigenvalue weighted by molar-refractivity contribution is -0.115. The lowest BCUT2D eigenvalue weighted by Crippen LogP contribution is -2.27. The molecule has 0 bridgehead atoms. The second kappa shape index (κ2) is 5.54. The van der Waals surface area contributed by atoms with E-state index in [1.54, 1.807) is 11.8 Å². The van der Waals surface area contributed by atoms with E-state index in [0.29, 0.717) is 5.75 Å². The fourth-order valence-electron chi connectivity index (χ4n) is 2.17. The highest BCUT2D eigenvalue weighted by Gasteiger charge is 2.33. The molecule has 19 heavy (non-hydrogen) atoms. The van der Waals surface area contributed by atoms with Gasteiger partial charge in [0.25, 0.3) is 0 Å². The quantitative estimate of drug-likeness (QED) is 0.731. The lowest BCUT2D eigenvalue weighted by Gasteiger charge is -2.24. The predicted octanol–water partition coefficient (Wildman–Crippen LogP) is 4.07. The van der Waals surface area contributed by atoms with Crippen LogP contribution in [0, 0.1) is 3.57 Å². The Morgan fingerprint density at radius 3 is 2.42 bits per heavy atom. The van der Waals surface area contributed by atoms with Crippen LogP contribution in [0.25, 0.3) is 0 Å². The summed E-state index contributed by atoms with van der Waals surface area (Å²) in [4.78, 5) is 14.0. The van der Waals surface area contributed by atoms with E-state index in [4.69, 9.17) is 0 Å². The van der Waals surface area contributed by atoms with Gasteiger partial charge in [-0.15, -0.1) is 11.8 Å². The van der Waals surface area contributed by atoms with Gasteiger partial charge in [-0.05, 0) is 52.4 Å². The zero-order valence-electron chi connectivity index (χ0n) is 10.1. The Morgan fingerprint density at radius 2 is 1.74 bits per heavy atom. The number of benzene rings is 2. The van der Waals surface area contributed by atoms with Crippen LogP contribution in [-0.2, 0) is 4.79 Å². The normalized spacial score (nSPS) is 18.9. The van der Waals surface area contributed by atoms with Crippen LogP contribution in [0.1, 0.15) is 10.9 Å². The van der Waals surface area contributed by atoms with Crippen LogP contribution in [0.15, 0.2) is 54.6 Å². The average Bonchev–Trinajstić information content (AvgIpc) is 2.83. The van der Waals surface area contributed by atoms with Crippen molar-refractivity contribution >= 4 is 45.9 Å². The van der Waals surface area contributed by atoms with Gasteiger partial charge in [-0.25, -0.2) is 0 Å². The van der Waals surface area contributed by atoms with Gasteiger partial charge in [0.15, 0.2) is 0 Å². The van der Waals surface area contributed by atoms with Crippen LogP contribution >= 0.6 is 34.4 Å². The van der Waals surface area contributed by atoms with Gasteiger partial charge in [-0.1, -0.05) is 30.3 Å². The number of thioether (sulfide) groups is 1. The van der Waals surface area contributed by atoms with Crippen molar-refractivity contribution in [1.82, 2.24) is 0 Å².